The first-order valence-corrected chi connectivity index (χ1v) is 10.4. The second kappa shape index (κ2) is 6.87. The number of likely N-dealkylation sites (N-methyl/N-ethyl adjacent to an activating group) is 1. The number of rotatable bonds is 6. The molecular formula is C23H24F2N4O. The van der Waals surface area contributed by atoms with E-state index in [4.69, 9.17) is 0 Å². The first-order valence-electron chi connectivity index (χ1n) is 10.4. The summed E-state index contributed by atoms with van der Waals surface area (Å²) in [6.07, 6.45) is 3.89. The van der Waals surface area contributed by atoms with Gasteiger partial charge < -0.3 is 15.2 Å². The van der Waals surface area contributed by atoms with E-state index in [2.05, 4.69) is 15.3 Å². The Morgan fingerprint density at radius 3 is 2.70 bits per heavy atom. The highest BCUT2D eigenvalue weighted by atomic mass is 19.1. The molecule has 0 radical (unpaired) electrons. The van der Waals surface area contributed by atoms with E-state index in [1.807, 2.05) is 11.8 Å². The molecule has 2 atom stereocenters. The summed E-state index contributed by atoms with van der Waals surface area (Å²) in [7, 11) is 0. The van der Waals surface area contributed by atoms with Crippen LogP contribution in [0.1, 0.15) is 48.8 Å². The van der Waals surface area contributed by atoms with Crippen molar-refractivity contribution in [3.8, 4) is 0 Å². The molecule has 2 N–H and O–H groups in total. The van der Waals surface area contributed by atoms with Crippen molar-refractivity contribution in [2.24, 2.45) is 0 Å². The molecule has 1 aromatic heterocycles. The number of imidazole rings is 1. The maximum Gasteiger partial charge on any atom is 0.290 e. The summed E-state index contributed by atoms with van der Waals surface area (Å²) < 4.78 is 26.7. The predicted molar refractivity (Wildman–Crippen MR) is 110 cm³/mol. The normalized spacial score (nSPS) is 24.8. The molecule has 2 aromatic carbocycles. The Morgan fingerprint density at radius 1 is 1.17 bits per heavy atom. The van der Waals surface area contributed by atoms with Crippen LogP contribution in [-0.2, 0) is 6.54 Å². The van der Waals surface area contributed by atoms with Gasteiger partial charge in [0.25, 0.3) is 5.91 Å². The van der Waals surface area contributed by atoms with E-state index in [1.165, 1.54) is 24.3 Å². The molecule has 1 amide bonds. The van der Waals surface area contributed by atoms with Crippen molar-refractivity contribution in [2.45, 2.75) is 50.2 Å². The number of amides is 1. The molecule has 0 aliphatic heterocycles. The lowest BCUT2D eigenvalue weighted by Crippen LogP contribution is -2.49. The van der Waals surface area contributed by atoms with Crippen molar-refractivity contribution in [3.05, 3.63) is 65.5 Å². The fourth-order valence-electron chi connectivity index (χ4n) is 5.31. The van der Waals surface area contributed by atoms with Crippen molar-refractivity contribution in [1.29, 1.82) is 0 Å². The standard InChI is InChI=1S/C23H24F2N4O/c1-2-29(21(30)20-27-18-9-8-17(25)12-19(18)28-20)23-11-3-10-22(23,14-23)26-13-15-4-6-16(24)7-5-15/h4-9,12,26H,2-3,10-11,13-14H2,1H3,(H,27,28)/t22-,23+/m0/s1. The minimum atomic E-state index is -0.374. The Labute approximate surface area is 173 Å². The first kappa shape index (κ1) is 19.2. The van der Waals surface area contributed by atoms with Gasteiger partial charge in [0, 0.05) is 24.7 Å². The first-order chi connectivity index (χ1) is 14.5. The second-order valence-electron chi connectivity index (χ2n) is 8.42. The minimum Gasteiger partial charge on any atom is -0.334 e. The molecule has 5 nitrogen and oxygen atoms in total. The lowest BCUT2D eigenvalue weighted by Gasteiger charge is -2.32. The maximum atomic E-state index is 13.5. The van der Waals surface area contributed by atoms with Crippen LogP contribution in [0.2, 0.25) is 0 Å². The summed E-state index contributed by atoms with van der Waals surface area (Å²) in [4.78, 5) is 22.7. The molecule has 30 heavy (non-hydrogen) atoms. The lowest BCUT2D eigenvalue weighted by molar-refractivity contribution is 0.0625. The van der Waals surface area contributed by atoms with Gasteiger partial charge in [0.1, 0.15) is 11.6 Å². The van der Waals surface area contributed by atoms with Gasteiger partial charge in [-0.05, 0) is 62.4 Å². The smallest absolute Gasteiger partial charge is 0.290 e. The summed E-state index contributed by atoms with van der Waals surface area (Å²) in [6.45, 7) is 3.19. The third kappa shape index (κ3) is 2.91. The summed E-state index contributed by atoms with van der Waals surface area (Å²) >= 11 is 0. The molecule has 2 aliphatic rings. The van der Waals surface area contributed by atoms with Crippen LogP contribution in [0.15, 0.2) is 42.5 Å². The third-order valence-electron chi connectivity index (χ3n) is 6.82. The zero-order chi connectivity index (χ0) is 20.9. The van der Waals surface area contributed by atoms with E-state index >= 15 is 0 Å². The van der Waals surface area contributed by atoms with Gasteiger partial charge in [0.2, 0.25) is 0 Å². The lowest BCUT2D eigenvalue weighted by atomic mass is 10.1. The number of hydrogen-bond acceptors (Lipinski definition) is 3. The highest BCUT2D eigenvalue weighted by Gasteiger charge is 2.73. The molecule has 2 fully saturated rings. The number of halogens is 2. The topological polar surface area (TPSA) is 61.0 Å². The molecule has 0 saturated heterocycles. The average molecular weight is 410 g/mol. The summed E-state index contributed by atoms with van der Waals surface area (Å²) in [5.74, 6) is -0.521. The number of carbonyl (C=O) groups excluding carboxylic acids is 1. The fourth-order valence-corrected chi connectivity index (χ4v) is 5.31. The molecule has 5 rings (SSSR count). The molecule has 2 saturated carbocycles. The Balaban J connectivity index is 1.38. The van der Waals surface area contributed by atoms with Gasteiger partial charge in [-0.25, -0.2) is 13.8 Å². The van der Waals surface area contributed by atoms with Crippen LogP contribution in [0.4, 0.5) is 8.78 Å². The number of fused-ring (bicyclic) bond motifs is 2. The highest BCUT2D eigenvalue weighted by molar-refractivity contribution is 5.95. The molecular weight excluding hydrogens is 386 g/mol. The summed E-state index contributed by atoms with van der Waals surface area (Å²) in [6, 6.07) is 10.8. The van der Waals surface area contributed by atoms with Gasteiger partial charge in [0.05, 0.1) is 16.6 Å². The minimum absolute atomic E-state index is 0.120. The van der Waals surface area contributed by atoms with E-state index in [0.717, 1.165) is 31.2 Å². The van der Waals surface area contributed by atoms with Crippen molar-refractivity contribution in [1.82, 2.24) is 20.2 Å². The Morgan fingerprint density at radius 2 is 1.93 bits per heavy atom. The van der Waals surface area contributed by atoms with Crippen LogP contribution in [0.3, 0.4) is 0 Å². The largest absolute Gasteiger partial charge is 0.334 e. The van der Waals surface area contributed by atoms with Crippen molar-refractivity contribution < 1.29 is 13.6 Å². The number of carbonyl (C=O) groups is 1. The average Bonchev–Trinajstić information content (AvgIpc) is 3.02. The number of aromatic amines is 1. The molecule has 0 spiro atoms. The van der Waals surface area contributed by atoms with Crippen LogP contribution in [0.5, 0.6) is 0 Å². The maximum absolute atomic E-state index is 13.5. The second-order valence-corrected chi connectivity index (χ2v) is 8.42. The summed E-state index contributed by atoms with van der Waals surface area (Å²) in [5, 5.41) is 3.67. The van der Waals surface area contributed by atoms with Crippen LogP contribution < -0.4 is 5.32 Å². The SMILES string of the molecule is CCN(C(=O)c1nc2cc(F)ccc2[nH]1)[C@@]12CCC[C@]1(NCc1ccc(F)cc1)C2. The zero-order valence-corrected chi connectivity index (χ0v) is 16.8. The molecule has 0 unspecified atom stereocenters. The quantitative estimate of drug-likeness (QED) is 0.642. The van der Waals surface area contributed by atoms with E-state index in [0.29, 0.717) is 24.1 Å². The Hall–Kier alpha value is -2.80. The van der Waals surface area contributed by atoms with Crippen LogP contribution in [0.25, 0.3) is 11.0 Å². The molecule has 7 heteroatoms. The van der Waals surface area contributed by atoms with Crippen molar-refractivity contribution >= 4 is 16.9 Å². The van der Waals surface area contributed by atoms with E-state index in [1.54, 1.807) is 18.2 Å². The molecule has 0 bridgehead atoms. The Bertz CT molecular complexity index is 1110. The van der Waals surface area contributed by atoms with Crippen LogP contribution >= 0.6 is 0 Å². The van der Waals surface area contributed by atoms with Gasteiger partial charge in [-0.1, -0.05) is 12.1 Å². The third-order valence-corrected chi connectivity index (χ3v) is 6.82. The monoisotopic (exact) mass is 410 g/mol. The number of aromatic nitrogens is 2. The Kier molecular flexibility index (Phi) is 4.39. The van der Waals surface area contributed by atoms with Crippen molar-refractivity contribution in [2.75, 3.05) is 6.54 Å². The zero-order valence-electron chi connectivity index (χ0n) is 16.8. The number of hydrogen-bond donors (Lipinski definition) is 2. The number of nitrogens with one attached hydrogen (secondary N) is 2. The van der Waals surface area contributed by atoms with E-state index in [9.17, 15) is 13.6 Å². The van der Waals surface area contributed by atoms with Gasteiger partial charge >= 0.3 is 0 Å². The molecule has 2 aliphatic carbocycles. The predicted octanol–water partition coefficient (Wildman–Crippen LogP) is 4.16. The van der Waals surface area contributed by atoms with Crippen molar-refractivity contribution in [3.63, 3.8) is 0 Å². The molecule has 156 valence electrons. The molecule has 3 aromatic rings. The highest BCUT2D eigenvalue weighted by Crippen LogP contribution is 2.63. The van der Waals surface area contributed by atoms with Crippen LogP contribution in [-0.4, -0.2) is 38.4 Å². The summed E-state index contributed by atoms with van der Waals surface area (Å²) in [5.41, 5.74) is 1.77. The number of H-pyrrole nitrogens is 1. The van der Waals surface area contributed by atoms with E-state index < -0.39 is 0 Å². The van der Waals surface area contributed by atoms with Gasteiger partial charge in [-0.3, -0.25) is 4.79 Å². The fraction of sp³-hybridized carbons (Fsp3) is 0.391. The van der Waals surface area contributed by atoms with E-state index in [-0.39, 0.29) is 34.4 Å². The number of nitrogens with zero attached hydrogens (tertiary/aromatic N) is 2. The van der Waals surface area contributed by atoms with Gasteiger partial charge in [-0.15, -0.1) is 0 Å². The number of benzene rings is 2. The van der Waals surface area contributed by atoms with Gasteiger partial charge in [-0.2, -0.15) is 0 Å². The van der Waals surface area contributed by atoms with Crippen LogP contribution in [0, 0.1) is 11.6 Å². The van der Waals surface area contributed by atoms with Gasteiger partial charge in [0.15, 0.2) is 5.82 Å². The molecule has 1 heterocycles.